The second-order valence-electron chi connectivity index (χ2n) is 8.68. The average molecular weight is 465 g/mol. The van der Waals surface area contributed by atoms with Crippen molar-refractivity contribution in [2.24, 2.45) is 0 Å². The molecule has 0 aliphatic carbocycles. The Bertz CT molecular complexity index is 1280. The van der Waals surface area contributed by atoms with E-state index in [1.807, 2.05) is 53.4 Å². The molecule has 176 valence electrons. The monoisotopic (exact) mass is 464 g/mol. The van der Waals surface area contributed by atoms with E-state index >= 15 is 0 Å². The number of amides is 2. The number of rotatable bonds is 6. The van der Waals surface area contributed by atoms with E-state index in [1.165, 1.54) is 0 Å². The number of nitrogens with zero attached hydrogens (tertiary/aromatic N) is 3. The van der Waals surface area contributed by atoms with Gasteiger partial charge in [0.1, 0.15) is 0 Å². The highest BCUT2D eigenvalue weighted by Crippen LogP contribution is 2.25. The van der Waals surface area contributed by atoms with Crippen LogP contribution in [0.4, 0.5) is 5.69 Å². The van der Waals surface area contributed by atoms with Crippen molar-refractivity contribution in [3.05, 3.63) is 107 Å². The predicted octanol–water partition coefficient (Wildman–Crippen LogP) is 4.80. The molecule has 1 fully saturated rings. The second kappa shape index (κ2) is 10.8. The average Bonchev–Trinajstić information content (AvgIpc) is 2.89. The summed E-state index contributed by atoms with van der Waals surface area (Å²) in [5.74, 6) is -0.210. The van der Waals surface area contributed by atoms with Crippen LogP contribution in [0.1, 0.15) is 44.3 Å². The van der Waals surface area contributed by atoms with Gasteiger partial charge in [-0.25, -0.2) is 0 Å². The van der Waals surface area contributed by atoms with Crippen LogP contribution >= 0.6 is 0 Å². The highest BCUT2D eigenvalue weighted by atomic mass is 16.2. The Labute approximate surface area is 206 Å². The number of anilines is 1. The molecule has 1 aliphatic heterocycles. The lowest BCUT2D eigenvalue weighted by molar-refractivity contribution is 0.0475. The molecule has 4 rings (SSSR count). The molecule has 3 aromatic rings. The van der Waals surface area contributed by atoms with Gasteiger partial charge in [-0.05, 0) is 48.9 Å². The lowest BCUT2D eigenvalue weighted by Gasteiger charge is -2.40. The van der Waals surface area contributed by atoms with E-state index in [4.69, 9.17) is 5.26 Å². The zero-order valence-electron chi connectivity index (χ0n) is 19.8. The van der Waals surface area contributed by atoms with E-state index in [2.05, 4.69) is 29.8 Å². The van der Waals surface area contributed by atoms with Crippen molar-refractivity contribution in [2.75, 3.05) is 25.0 Å². The Balaban J connectivity index is 1.45. The number of hydrogen-bond donors (Lipinski definition) is 1. The fourth-order valence-electron chi connectivity index (χ4n) is 4.49. The molecule has 1 heterocycles. The minimum Gasteiger partial charge on any atom is -0.333 e. The molecule has 3 aromatic carbocycles. The molecular weight excluding hydrogens is 436 g/mol. The SMILES string of the molecule is C=Cc1c(CN2CCN(C(=O)c3ccccc3)[C@@H](C)C2)cccc1NC(=O)c1cccc(C#N)c1. The van der Waals surface area contributed by atoms with E-state index < -0.39 is 0 Å². The van der Waals surface area contributed by atoms with Crippen LogP contribution in [0.25, 0.3) is 6.08 Å². The molecule has 0 saturated carbocycles. The smallest absolute Gasteiger partial charge is 0.255 e. The molecule has 6 heteroatoms. The number of hydrogen-bond acceptors (Lipinski definition) is 4. The minimum absolute atomic E-state index is 0.0645. The number of nitriles is 1. The molecule has 6 nitrogen and oxygen atoms in total. The van der Waals surface area contributed by atoms with Crippen molar-refractivity contribution < 1.29 is 9.59 Å². The van der Waals surface area contributed by atoms with E-state index in [0.717, 1.165) is 24.2 Å². The molecule has 0 radical (unpaired) electrons. The Morgan fingerprint density at radius 3 is 2.51 bits per heavy atom. The maximum absolute atomic E-state index is 12.9. The van der Waals surface area contributed by atoms with Gasteiger partial charge < -0.3 is 10.2 Å². The van der Waals surface area contributed by atoms with Crippen molar-refractivity contribution >= 4 is 23.6 Å². The molecule has 0 unspecified atom stereocenters. The van der Waals surface area contributed by atoms with Crippen molar-refractivity contribution in [3.8, 4) is 6.07 Å². The highest BCUT2D eigenvalue weighted by Gasteiger charge is 2.28. The second-order valence-corrected chi connectivity index (χ2v) is 8.68. The van der Waals surface area contributed by atoms with Crippen molar-refractivity contribution in [1.29, 1.82) is 5.26 Å². The van der Waals surface area contributed by atoms with Crippen LogP contribution in [0.3, 0.4) is 0 Å². The van der Waals surface area contributed by atoms with Gasteiger partial charge in [0.15, 0.2) is 0 Å². The molecule has 0 spiro atoms. The normalized spacial score (nSPS) is 15.8. The Morgan fingerprint density at radius 1 is 1.06 bits per heavy atom. The first-order valence-electron chi connectivity index (χ1n) is 11.6. The van der Waals surface area contributed by atoms with Gasteiger partial charge in [0.05, 0.1) is 11.6 Å². The number of nitrogens with one attached hydrogen (secondary N) is 1. The Kier molecular flexibility index (Phi) is 7.39. The maximum Gasteiger partial charge on any atom is 0.255 e. The summed E-state index contributed by atoms with van der Waals surface area (Å²) in [5.41, 5.74) is 4.18. The predicted molar refractivity (Wildman–Crippen MR) is 138 cm³/mol. The fraction of sp³-hybridized carbons (Fsp3) is 0.207. The van der Waals surface area contributed by atoms with Crippen molar-refractivity contribution in [3.63, 3.8) is 0 Å². The molecule has 1 aliphatic rings. The first-order valence-corrected chi connectivity index (χ1v) is 11.6. The largest absolute Gasteiger partial charge is 0.333 e. The van der Waals surface area contributed by atoms with Gasteiger partial charge in [-0.15, -0.1) is 0 Å². The molecule has 0 aromatic heterocycles. The first-order chi connectivity index (χ1) is 17.0. The number of carbonyl (C=O) groups excluding carboxylic acids is 2. The summed E-state index contributed by atoms with van der Waals surface area (Å²) in [6, 6.07) is 24.0. The molecule has 1 N–H and O–H groups in total. The fourth-order valence-corrected chi connectivity index (χ4v) is 4.49. The summed E-state index contributed by atoms with van der Waals surface area (Å²) < 4.78 is 0. The quantitative estimate of drug-likeness (QED) is 0.569. The van der Waals surface area contributed by atoms with Gasteiger partial charge >= 0.3 is 0 Å². The van der Waals surface area contributed by atoms with E-state index in [-0.39, 0.29) is 17.9 Å². The van der Waals surface area contributed by atoms with Crippen molar-refractivity contribution in [1.82, 2.24) is 9.80 Å². The Morgan fingerprint density at radius 2 is 1.80 bits per heavy atom. The van der Waals surface area contributed by atoms with Gasteiger partial charge in [-0.3, -0.25) is 14.5 Å². The molecule has 2 amide bonds. The van der Waals surface area contributed by atoms with Gasteiger partial charge in [0.25, 0.3) is 11.8 Å². The maximum atomic E-state index is 12.9. The zero-order valence-corrected chi connectivity index (χ0v) is 19.8. The number of piperazine rings is 1. The van der Waals surface area contributed by atoms with E-state index in [1.54, 1.807) is 30.3 Å². The zero-order chi connectivity index (χ0) is 24.8. The summed E-state index contributed by atoms with van der Waals surface area (Å²) in [6.45, 7) is 8.91. The topological polar surface area (TPSA) is 76.4 Å². The van der Waals surface area contributed by atoms with Crippen LogP contribution in [-0.4, -0.2) is 47.3 Å². The molecule has 1 saturated heterocycles. The number of carbonyl (C=O) groups is 2. The van der Waals surface area contributed by atoms with Crippen LogP contribution < -0.4 is 5.32 Å². The van der Waals surface area contributed by atoms with Crippen LogP contribution in [0, 0.1) is 11.3 Å². The van der Waals surface area contributed by atoms with Crippen LogP contribution in [0.15, 0.2) is 79.4 Å². The third-order valence-corrected chi connectivity index (χ3v) is 6.29. The summed E-state index contributed by atoms with van der Waals surface area (Å²) >= 11 is 0. The molecule has 0 bridgehead atoms. The molecular formula is C29H28N4O2. The first kappa shape index (κ1) is 23.9. The lowest BCUT2D eigenvalue weighted by Crippen LogP contribution is -2.53. The standard InChI is InChI=1S/C29H28N4O2/c1-3-26-25(13-8-14-27(26)31-28(34)24-12-7-9-22(17-24)18-30)20-32-15-16-33(21(2)19-32)29(35)23-10-5-4-6-11-23/h3-14,17,21H,1,15-16,19-20H2,2H3,(H,31,34)/t21-/m0/s1. The van der Waals surface area contributed by atoms with Gasteiger partial charge in [-0.2, -0.15) is 5.26 Å². The van der Waals surface area contributed by atoms with Crippen molar-refractivity contribution in [2.45, 2.75) is 19.5 Å². The summed E-state index contributed by atoms with van der Waals surface area (Å²) in [6.07, 6.45) is 1.76. The molecule has 1 atom stereocenters. The van der Waals surface area contributed by atoms with Gasteiger partial charge in [0, 0.05) is 54.6 Å². The third kappa shape index (κ3) is 5.48. The highest BCUT2D eigenvalue weighted by molar-refractivity contribution is 6.05. The van der Waals surface area contributed by atoms with E-state index in [9.17, 15) is 9.59 Å². The summed E-state index contributed by atoms with van der Waals surface area (Å²) in [5, 5.41) is 12.1. The lowest BCUT2D eigenvalue weighted by atomic mass is 10.0. The molecule has 35 heavy (non-hydrogen) atoms. The van der Waals surface area contributed by atoms with Crippen LogP contribution in [0.2, 0.25) is 0 Å². The third-order valence-electron chi connectivity index (χ3n) is 6.29. The minimum atomic E-state index is -0.274. The van der Waals surface area contributed by atoms with E-state index in [0.29, 0.717) is 35.5 Å². The van der Waals surface area contributed by atoms with Crippen LogP contribution in [-0.2, 0) is 6.54 Å². The van der Waals surface area contributed by atoms with Gasteiger partial charge in [-0.1, -0.05) is 49.1 Å². The van der Waals surface area contributed by atoms with Gasteiger partial charge in [0.2, 0.25) is 0 Å². The van der Waals surface area contributed by atoms with Crippen LogP contribution in [0.5, 0.6) is 0 Å². The number of benzene rings is 3. The summed E-state index contributed by atoms with van der Waals surface area (Å²) in [7, 11) is 0. The summed E-state index contributed by atoms with van der Waals surface area (Å²) in [4.78, 5) is 30.0. The Hall–Kier alpha value is -4.21.